The Morgan fingerprint density at radius 1 is 1.00 bits per heavy atom. The van der Waals surface area contributed by atoms with Gasteiger partial charge < -0.3 is 10.2 Å². The Hall–Kier alpha value is -1.06. The van der Waals surface area contributed by atoms with E-state index in [2.05, 4.69) is 0 Å². The van der Waals surface area contributed by atoms with E-state index in [1.807, 2.05) is 0 Å². The van der Waals surface area contributed by atoms with Gasteiger partial charge in [-0.2, -0.15) is 0 Å². The van der Waals surface area contributed by atoms with Crippen molar-refractivity contribution in [3.63, 3.8) is 0 Å². The van der Waals surface area contributed by atoms with Crippen LogP contribution in [0.5, 0.6) is 0 Å². The molecular formula is C9H12O4. The second-order valence-corrected chi connectivity index (χ2v) is 3.98. The summed E-state index contributed by atoms with van der Waals surface area (Å²) >= 11 is 0. The number of hydrogen-bond acceptors (Lipinski definition) is 2. The predicted molar refractivity (Wildman–Crippen MR) is 43.2 cm³/mol. The molecule has 0 radical (unpaired) electrons. The molecule has 2 aliphatic carbocycles. The number of aliphatic carboxylic acids is 2. The van der Waals surface area contributed by atoms with Crippen LogP contribution in [0.2, 0.25) is 0 Å². The average molecular weight is 184 g/mol. The molecule has 4 heteroatoms. The minimum absolute atomic E-state index is 0.101. The molecule has 72 valence electrons. The second kappa shape index (κ2) is 2.47. The van der Waals surface area contributed by atoms with Gasteiger partial charge >= 0.3 is 11.9 Å². The fourth-order valence-electron chi connectivity index (χ4n) is 2.85. The molecule has 2 N–H and O–H groups in total. The molecule has 2 aliphatic rings. The van der Waals surface area contributed by atoms with Crippen molar-refractivity contribution in [2.24, 2.45) is 17.3 Å². The maximum atomic E-state index is 10.9. The Bertz CT molecular complexity index is 243. The summed E-state index contributed by atoms with van der Waals surface area (Å²) in [5, 5.41) is 17.8. The van der Waals surface area contributed by atoms with E-state index in [1.165, 1.54) is 0 Å². The van der Waals surface area contributed by atoms with E-state index in [0.717, 1.165) is 25.7 Å². The van der Waals surface area contributed by atoms with E-state index in [9.17, 15) is 9.59 Å². The Kier molecular flexibility index (Phi) is 1.62. The normalized spacial score (nSPS) is 34.8. The van der Waals surface area contributed by atoms with E-state index < -0.39 is 17.4 Å². The van der Waals surface area contributed by atoms with Gasteiger partial charge in [-0.15, -0.1) is 0 Å². The summed E-state index contributed by atoms with van der Waals surface area (Å²) < 4.78 is 0. The lowest BCUT2D eigenvalue weighted by atomic mass is 10.0. The van der Waals surface area contributed by atoms with Crippen LogP contribution in [0.25, 0.3) is 0 Å². The van der Waals surface area contributed by atoms with Crippen molar-refractivity contribution in [2.75, 3.05) is 0 Å². The minimum Gasteiger partial charge on any atom is -0.480 e. The monoisotopic (exact) mass is 184 g/mol. The van der Waals surface area contributed by atoms with Crippen molar-refractivity contribution in [2.45, 2.75) is 25.7 Å². The van der Waals surface area contributed by atoms with Crippen LogP contribution in [0.3, 0.4) is 0 Å². The molecule has 13 heavy (non-hydrogen) atoms. The third-order valence-corrected chi connectivity index (χ3v) is 3.53. The van der Waals surface area contributed by atoms with Crippen LogP contribution >= 0.6 is 0 Å². The molecule has 0 bridgehead atoms. The predicted octanol–water partition coefficient (Wildman–Crippen LogP) is 0.962. The average Bonchev–Trinajstić information content (AvgIpc) is 2.73. The fraction of sp³-hybridized carbons (Fsp3) is 0.778. The first-order valence-electron chi connectivity index (χ1n) is 4.58. The summed E-state index contributed by atoms with van der Waals surface area (Å²) in [6.45, 7) is 0. The van der Waals surface area contributed by atoms with E-state index in [4.69, 9.17) is 10.2 Å². The van der Waals surface area contributed by atoms with Crippen LogP contribution in [0.4, 0.5) is 0 Å². The van der Waals surface area contributed by atoms with Gasteiger partial charge in [-0.25, -0.2) is 0 Å². The van der Waals surface area contributed by atoms with Gasteiger partial charge in [0.15, 0.2) is 5.41 Å². The summed E-state index contributed by atoms with van der Waals surface area (Å²) in [7, 11) is 0. The zero-order chi connectivity index (χ0) is 9.64. The molecule has 0 aromatic heterocycles. The third kappa shape index (κ3) is 0.857. The van der Waals surface area contributed by atoms with Gasteiger partial charge in [0.2, 0.25) is 0 Å². The zero-order valence-corrected chi connectivity index (χ0v) is 7.19. The molecule has 0 aromatic rings. The number of fused-ring (bicyclic) bond motifs is 1. The number of carbonyl (C=O) groups is 2. The Balaban J connectivity index is 2.28. The van der Waals surface area contributed by atoms with Gasteiger partial charge in [-0.1, -0.05) is 12.8 Å². The Morgan fingerprint density at radius 3 is 1.69 bits per heavy atom. The first-order valence-corrected chi connectivity index (χ1v) is 4.58. The first-order chi connectivity index (χ1) is 6.11. The molecule has 0 amide bonds. The number of carboxylic acid groups (broad SMARTS) is 2. The highest BCUT2D eigenvalue weighted by atomic mass is 16.4. The Labute approximate surface area is 75.6 Å². The molecule has 0 aromatic carbocycles. The molecule has 0 spiro atoms. The maximum Gasteiger partial charge on any atom is 0.321 e. The summed E-state index contributed by atoms with van der Waals surface area (Å²) in [5.74, 6) is -2.48. The van der Waals surface area contributed by atoms with Gasteiger partial charge in [-0.3, -0.25) is 9.59 Å². The van der Waals surface area contributed by atoms with Crippen LogP contribution in [0.1, 0.15) is 25.7 Å². The highest BCUT2D eigenvalue weighted by Gasteiger charge is 2.74. The lowest BCUT2D eigenvalue weighted by Crippen LogP contribution is -2.28. The maximum absolute atomic E-state index is 10.9. The first kappa shape index (κ1) is 8.53. The molecule has 0 aliphatic heterocycles. The van der Waals surface area contributed by atoms with Gasteiger partial charge in [0.25, 0.3) is 0 Å². The van der Waals surface area contributed by atoms with E-state index in [0.29, 0.717) is 0 Å². The van der Waals surface area contributed by atoms with Crippen LogP contribution in [0.15, 0.2) is 0 Å². The molecule has 0 saturated heterocycles. The van der Waals surface area contributed by atoms with Crippen molar-refractivity contribution in [3.05, 3.63) is 0 Å². The minimum atomic E-state index is -1.42. The van der Waals surface area contributed by atoms with Crippen LogP contribution in [-0.2, 0) is 9.59 Å². The van der Waals surface area contributed by atoms with Gasteiger partial charge in [-0.05, 0) is 24.7 Å². The van der Waals surface area contributed by atoms with Crippen LogP contribution in [0, 0.1) is 17.3 Å². The zero-order valence-electron chi connectivity index (χ0n) is 7.19. The molecule has 4 nitrogen and oxygen atoms in total. The quantitative estimate of drug-likeness (QED) is 0.627. The number of carboxylic acids is 2. The highest BCUT2D eigenvalue weighted by molar-refractivity contribution is 6.02. The van der Waals surface area contributed by atoms with Crippen molar-refractivity contribution < 1.29 is 19.8 Å². The van der Waals surface area contributed by atoms with E-state index in [1.54, 1.807) is 0 Å². The highest BCUT2D eigenvalue weighted by Crippen LogP contribution is 2.65. The lowest BCUT2D eigenvalue weighted by molar-refractivity contribution is -0.158. The van der Waals surface area contributed by atoms with Crippen molar-refractivity contribution in [3.8, 4) is 0 Å². The summed E-state index contributed by atoms with van der Waals surface area (Å²) in [4.78, 5) is 21.8. The van der Waals surface area contributed by atoms with Gasteiger partial charge in [0.05, 0.1) is 0 Å². The van der Waals surface area contributed by atoms with Gasteiger partial charge in [0.1, 0.15) is 0 Å². The second-order valence-electron chi connectivity index (χ2n) is 3.98. The SMILES string of the molecule is O=C(O)C1(C(=O)O)[C@@H]2CCCC[C@@H]21. The summed E-state index contributed by atoms with van der Waals surface area (Å²) in [6.07, 6.45) is 3.49. The largest absolute Gasteiger partial charge is 0.480 e. The number of hydrogen-bond donors (Lipinski definition) is 2. The summed E-state index contributed by atoms with van der Waals surface area (Å²) in [5.41, 5.74) is -1.42. The van der Waals surface area contributed by atoms with Crippen molar-refractivity contribution >= 4 is 11.9 Å². The molecule has 0 heterocycles. The van der Waals surface area contributed by atoms with E-state index in [-0.39, 0.29) is 11.8 Å². The molecule has 2 rings (SSSR count). The molecular weight excluding hydrogens is 172 g/mol. The molecule has 0 unspecified atom stereocenters. The van der Waals surface area contributed by atoms with Crippen molar-refractivity contribution in [1.82, 2.24) is 0 Å². The van der Waals surface area contributed by atoms with Crippen LogP contribution in [-0.4, -0.2) is 22.2 Å². The van der Waals surface area contributed by atoms with E-state index >= 15 is 0 Å². The molecule has 2 fully saturated rings. The summed E-state index contributed by atoms with van der Waals surface area (Å²) in [6, 6.07) is 0. The smallest absolute Gasteiger partial charge is 0.321 e. The van der Waals surface area contributed by atoms with Gasteiger partial charge in [0, 0.05) is 0 Å². The Morgan fingerprint density at radius 2 is 1.38 bits per heavy atom. The standard InChI is InChI=1S/C9H12O4/c10-7(11)9(8(12)13)5-3-1-2-4-6(5)9/h5-6H,1-4H2,(H,10,11)(H,12,13)/t5-,6+. The van der Waals surface area contributed by atoms with Crippen LogP contribution < -0.4 is 0 Å². The van der Waals surface area contributed by atoms with Crippen molar-refractivity contribution in [1.29, 1.82) is 0 Å². The number of rotatable bonds is 2. The molecule has 2 saturated carbocycles. The topological polar surface area (TPSA) is 74.6 Å². The molecule has 2 atom stereocenters. The fourth-order valence-corrected chi connectivity index (χ4v) is 2.85. The lowest BCUT2D eigenvalue weighted by Gasteiger charge is -2.04. The third-order valence-electron chi connectivity index (χ3n) is 3.53.